The lowest BCUT2D eigenvalue weighted by Gasteiger charge is -2.25. The largest absolute Gasteiger partial charge is 0.480 e. The first-order chi connectivity index (χ1) is 6.72. The van der Waals surface area contributed by atoms with E-state index in [0.29, 0.717) is 0 Å². The zero-order valence-electron chi connectivity index (χ0n) is 9.83. The number of carbonyl (C=O) groups excluding carboxylic acids is 1. The van der Waals surface area contributed by atoms with Crippen LogP contribution in [0.5, 0.6) is 0 Å². The van der Waals surface area contributed by atoms with Gasteiger partial charge in [-0.1, -0.05) is 13.8 Å². The van der Waals surface area contributed by atoms with Crippen LogP contribution in [0.4, 0.5) is 0 Å². The van der Waals surface area contributed by atoms with E-state index in [0.717, 1.165) is 0 Å². The van der Waals surface area contributed by atoms with Crippen molar-refractivity contribution in [3.05, 3.63) is 0 Å². The first-order valence-electron chi connectivity index (χ1n) is 4.81. The number of aliphatic carboxylic acids is 1. The number of carbonyl (C=O) groups is 2. The number of hydrogen-bond acceptors (Lipinski definition) is 3. The van der Waals surface area contributed by atoms with Gasteiger partial charge >= 0.3 is 5.97 Å². The van der Waals surface area contributed by atoms with Crippen molar-refractivity contribution in [2.24, 2.45) is 5.92 Å². The molecule has 5 nitrogen and oxygen atoms in total. The SMILES string of the molecule is COC(C)(C)C(=O)N[C@@H](C(=O)O)C(C)C. The summed E-state index contributed by atoms with van der Waals surface area (Å²) in [5.41, 5.74) is -1.01. The van der Waals surface area contributed by atoms with Gasteiger partial charge in [0, 0.05) is 7.11 Å². The van der Waals surface area contributed by atoms with Crippen LogP contribution in [0.25, 0.3) is 0 Å². The number of carboxylic acid groups (broad SMARTS) is 1. The van der Waals surface area contributed by atoms with Crippen LogP contribution in [0, 0.1) is 5.92 Å². The fourth-order valence-electron chi connectivity index (χ4n) is 0.921. The lowest BCUT2D eigenvalue weighted by atomic mass is 10.0. The lowest BCUT2D eigenvalue weighted by Crippen LogP contribution is -2.52. The third kappa shape index (κ3) is 3.87. The molecule has 5 heteroatoms. The molecule has 88 valence electrons. The summed E-state index contributed by atoms with van der Waals surface area (Å²) in [7, 11) is 1.41. The van der Waals surface area contributed by atoms with Gasteiger partial charge in [0.05, 0.1) is 0 Å². The number of carboxylic acids is 1. The molecule has 15 heavy (non-hydrogen) atoms. The normalized spacial score (nSPS) is 13.7. The van der Waals surface area contributed by atoms with Crippen LogP contribution in [-0.2, 0) is 14.3 Å². The van der Waals surface area contributed by atoms with E-state index in [1.54, 1.807) is 27.7 Å². The summed E-state index contributed by atoms with van der Waals surface area (Å²) in [6.45, 7) is 6.64. The molecule has 1 atom stereocenters. The summed E-state index contributed by atoms with van der Waals surface area (Å²) >= 11 is 0. The van der Waals surface area contributed by atoms with Gasteiger partial charge in [-0.2, -0.15) is 0 Å². The molecule has 0 spiro atoms. The summed E-state index contributed by atoms with van der Waals surface area (Å²) in [4.78, 5) is 22.5. The molecule has 0 saturated heterocycles. The molecule has 0 aromatic heterocycles. The lowest BCUT2D eigenvalue weighted by molar-refractivity contribution is -0.148. The minimum Gasteiger partial charge on any atom is -0.480 e. The van der Waals surface area contributed by atoms with Crippen molar-refractivity contribution in [3.63, 3.8) is 0 Å². The molecule has 2 N–H and O–H groups in total. The predicted molar refractivity (Wildman–Crippen MR) is 55.5 cm³/mol. The molecule has 0 aromatic carbocycles. The van der Waals surface area contributed by atoms with Crippen LogP contribution < -0.4 is 5.32 Å². The smallest absolute Gasteiger partial charge is 0.326 e. The van der Waals surface area contributed by atoms with Crippen molar-refractivity contribution in [3.8, 4) is 0 Å². The first-order valence-corrected chi connectivity index (χ1v) is 4.81. The number of hydrogen-bond donors (Lipinski definition) is 2. The number of rotatable bonds is 5. The molecule has 0 aliphatic heterocycles. The highest BCUT2D eigenvalue weighted by Crippen LogP contribution is 2.10. The Kier molecular flexibility index (Phi) is 4.74. The maximum atomic E-state index is 11.6. The molecule has 1 amide bonds. The second-order valence-electron chi connectivity index (χ2n) is 4.25. The van der Waals surface area contributed by atoms with Crippen LogP contribution in [0.2, 0.25) is 0 Å². The summed E-state index contributed by atoms with van der Waals surface area (Å²) in [5, 5.41) is 11.3. The van der Waals surface area contributed by atoms with Crippen molar-refractivity contribution in [2.75, 3.05) is 7.11 Å². The molecular formula is C10H19NO4. The van der Waals surface area contributed by atoms with E-state index in [9.17, 15) is 9.59 Å². The summed E-state index contributed by atoms with van der Waals surface area (Å²) in [6.07, 6.45) is 0. The average molecular weight is 217 g/mol. The highest BCUT2D eigenvalue weighted by Gasteiger charge is 2.32. The van der Waals surface area contributed by atoms with Gasteiger partial charge in [-0.3, -0.25) is 4.79 Å². The second kappa shape index (κ2) is 5.11. The zero-order chi connectivity index (χ0) is 12.2. The van der Waals surface area contributed by atoms with Gasteiger partial charge in [0.25, 0.3) is 5.91 Å². The topological polar surface area (TPSA) is 75.6 Å². The molecule has 0 heterocycles. The number of amides is 1. The van der Waals surface area contributed by atoms with Gasteiger partial charge < -0.3 is 15.2 Å². The van der Waals surface area contributed by atoms with Crippen LogP contribution in [0.1, 0.15) is 27.7 Å². The maximum Gasteiger partial charge on any atom is 0.326 e. The second-order valence-corrected chi connectivity index (χ2v) is 4.25. The predicted octanol–water partition coefficient (Wildman–Crippen LogP) is 0.637. The third-order valence-electron chi connectivity index (χ3n) is 2.28. The average Bonchev–Trinajstić information content (AvgIpc) is 2.12. The van der Waals surface area contributed by atoms with Gasteiger partial charge in [0.15, 0.2) is 0 Å². The van der Waals surface area contributed by atoms with Crippen LogP contribution in [0.15, 0.2) is 0 Å². The van der Waals surface area contributed by atoms with Crippen molar-refractivity contribution in [1.29, 1.82) is 0 Å². The molecule has 0 rings (SSSR count). The molecule has 0 unspecified atom stereocenters. The van der Waals surface area contributed by atoms with E-state index < -0.39 is 23.5 Å². The third-order valence-corrected chi connectivity index (χ3v) is 2.28. The van der Waals surface area contributed by atoms with E-state index in [1.165, 1.54) is 7.11 Å². The summed E-state index contributed by atoms with van der Waals surface area (Å²) < 4.78 is 4.95. The van der Waals surface area contributed by atoms with Gasteiger partial charge in [0.1, 0.15) is 11.6 Å². The van der Waals surface area contributed by atoms with Gasteiger partial charge in [0.2, 0.25) is 0 Å². The van der Waals surface area contributed by atoms with E-state index in [-0.39, 0.29) is 5.92 Å². The summed E-state index contributed by atoms with van der Waals surface area (Å²) in [6, 6.07) is -0.882. The molecule has 0 aliphatic carbocycles. The molecule has 0 radical (unpaired) electrons. The van der Waals surface area contributed by atoms with E-state index in [1.807, 2.05) is 0 Å². The molecule has 0 fully saturated rings. The fraction of sp³-hybridized carbons (Fsp3) is 0.800. The van der Waals surface area contributed by atoms with Gasteiger partial charge in [-0.15, -0.1) is 0 Å². The quantitative estimate of drug-likeness (QED) is 0.708. The van der Waals surface area contributed by atoms with E-state index in [2.05, 4.69) is 5.32 Å². The molecule has 0 bridgehead atoms. The Hall–Kier alpha value is -1.10. The molecular weight excluding hydrogens is 198 g/mol. The van der Waals surface area contributed by atoms with Crippen molar-refractivity contribution in [2.45, 2.75) is 39.3 Å². The van der Waals surface area contributed by atoms with Gasteiger partial charge in [-0.25, -0.2) is 4.79 Å². The van der Waals surface area contributed by atoms with Crippen LogP contribution in [0.3, 0.4) is 0 Å². The Morgan fingerprint density at radius 3 is 2.07 bits per heavy atom. The standard InChI is InChI=1S/C10H19NO4/c1-6(2)7(8(12)13)11-9(14)10(3,4)15-5/h6-7H,1-5H3,(H,11,14)(H,12,13)/t7-/m1/s1. The highest BCUT2D eigenvalue weighted by molar-refractivity contribution is 5.88. The minimum absolute atomic E-state index is 0.167. The Balaban J connectivity index is 4.57. The zero-order valence-corrected chi connectivity index (χ0v) is 9.83. The molecule has 0 aliphatic rings. The number of ether oxygens (including phenoxy) is 1. The Bertz CT molecular complexity index is 248. The first kappa shape index (κ1) is 13.9. The van der Waals surface area contributed by atoms with Crippen molar-refractivity contribution < 1.29 is 19.4 Å². The number of methoxy groups -OCH3 is 1. The van der Waals surface area contributed by atoms with Crippen LogP contribution in [-0.4, -0.2) is 35.7 Å². The maximum absolute atomic E-state index is 11.6. The fourth-order valence-corrected chi connectivity index (χ4v) is 0.921. The Morgan fingerprint density at radius 1 is 1.33 bits per heavy atom. The van der Waals surface area contributed by atoms with Crippen molar-refractivity contribution >= 4 is 11.9 Å². The Labute approximate surface area is 89.8 Å². The minimum atomic E-state index is -1.04. The van der Waals surface area contributed by atoms with E-state index in [4.69, 9.17) is 9.84 Å². The monoisotopic (exact) mass is 217 g/mol. The van der Waals surface area contributed by atoms with Gasteiger partial charge in [-0.05, 0) is 19.8 Å². The molecule has 0 aromatic rings. The van der Waals surface area contributed by atoms with Crippen molar-refractivity contribution in [1.82, 2.24) is 5.32 Å². The van der Waals surface area contributed by atoms with E-state index >= 15 is 0 Å². The summed E-state index contributed by atoms with van der Waals surface area (Å²) in [5.74, 6) is -1.63. The van der Waals surface area contributed by atoms with Crippen LogP contribution >= 0.6 is 0 Å². The highest BCUT2D eigenvalue weighted by atomic mass is 16.5. The Morgan fingerprint density at radius 2 is 1.80 bits per heavy atom. The molecule has 0 saturated carbocycles. The number of nitrogens with one attached hydrogen (secondary N) is 1.